The molecule has 0 unspecified atom stereocenters. The van der Waals surface area contributed by atoms with Gasteiger partial charge >= 0.3 is 5.97 Å². The predicted octanol–water partition coefficient (Wildman–Crippen LogP) is 2.15. The maximum Gasteiger partial charge on any atom is 0.339 e. The molecular formula is C11H11NO2S. The molecule has 2 aromatic rings. The van der Waals surface area contributed by atoms with Crippen LogP contribution in [0.1, 0.15) is 15.2 Å². The average Bonchev–Trinajstić information content (AvgIpc) is 2.70. The van der Waals surface area contributed by atoms with Gasteiger partial charge in [-0.25, -0.2) is 4.79 Å². The molecule has 0 aliphatic heterocycles. The van der Waals surface area contributed by atoms with Gasteiger partial charge in [0, 0.05) is 16.1 Å². The molecule has 1 aromatic carbocycles. The van der Waals surface area contributed by atoms with Crippen LogP contribution in [0.4, 0.5) is 0 Å². The fourth-order valence-electron chi connectivity index (χ4n) is 1.49. The molecule has 0 atom stereocenters. The summed E-state index contributed by atoms with van der Waals surface area (Å²) >= 11 is 1.54. The number of benzene rings is 1. The Morgan fingerprint density at radius 2 is 2.33 bits per heavy atom. The van der Waals surface area contributed by atoms with Gasteiger partial charge in [-0.1, -0.05) is 12.1 Å². The number of hydrogen-bond donors (Lipinski definition) is 1. The van der Waals surface area contributed by atoms with E-state index in [1.54, 1.807) is 17.4 Å². The molecule has 2 rings (SSSR count). The highest BCUT2D eigenvalue weighted by Gasteiger charge is 2.12. The van der Waals surface area contributed by atoms with Crippen LogP contribution in [0.15, 0.2) is 24.3 Å². The van der Waals surface area contributed by atoms with E-state index in [0.29, 0.717) is 12.1 Å². The minimum atomic E-state index is -0.300. The lowest BCUT2D eigenvalue weighted by atomic mass is 10.1. The first-order chi connectivity index (χ1) is 7.26. The van der Waals surface area contributed by atoms with Crippen molar-refractivity contribution in [3.8, 4) is 0 Å². The molecule has 0 aliphatic rings. The maximum atomic E-state index is 11.5. The smallest absolute Gasteiger partial charge is 0.339 e. The zero-order chi connectivity index (χ0) is 10.8. The first-order valence-electron chi connectivity index (χ1n) is 4.56. The molecule has 0 aliphatic carbocycles. The Morgan fingerprint density at radius 1 is 1.53 bits per heavy atom. The highest BCUT2D eigenvalue weighted by molar-refractivity contribution is 7.19. The number of carbonyl (C=O) groups excluding carboxylic acids is 1. The Bertz CT molecular complexity index is 504. The lowest BCUT2D eigenvalue weighted by molar-refractivity contribution is 0.0603. The van der Waals surface area contributed by atoms with Gasteiger partial charge in [0.15, 0.2) is 0 Å². The van der Waals surface area contributed by atoms with Gasteiger partial charge in [0.05, 0.1) is 12.7 Å². The van der Waals surface area contributed by atoms with Gasteiger partial charge in [0.2, 0.25) is 0 Å². The van der Waals surface area contributed by atoms with Crippen LogP contribution in [0.5, 0.6) is 0 Å². The summed E-state index contributed by atoms with van der Waals surface area (Å²) in [5.41, 5.74) is 6.18. The second-order valence-electron chi connectivity index (χ2n) is 3.13. The number of rotatable bonds is 2. The highest BCUT2D eigenvalue weighted by Crippen LogP contribution is 2.28. The summed E-state index contributed by atoms with van der Waals surface area (Å²) in [6, 6.07) is 7.59. The van der Waals surface area contributed by atoms with E-state index in [-0.39, 0.29) is 5.97 Å². The summed E-state index contributed by atoms with van der Waals surface area (Å²) in [5, 5.41) is 1.04. The van der Waals surface area contributed by atoms with Crippen LogP contribution in [0.25, 0.3) is 10.1 Å². The maximum absolute atomic E-state index is 11.5. The average molecular weight is 221 g/mol. The Kier molecular flexibility index (Phi) is 2.70. The monoisotopic (exact) mass is 221 g/mol. The van der Waals surface area contributed by atoms with Crippen molar-refractivity contribution in [3.05, 3.63) is 34.7 Å². The number of hydrogen-bond acceptors (Lipinski definition) is 4. The molecule has 1 aromatic heterocycles. The summed E-state index contributed by atoms with van der Waals surface area (Å²) < 4.78 is 5.67. The molecular weight excluding hydrogens is 210 g/mol. The van der Waals surface area contributed by atoms with Gasteiger partial charge in [-0.05, 0) is 17.5 Å². The van der Waals surface area contributed by atoms with Crippen LogP contribution in [0, 0.1) is 0 Å². The Labute approximate surface area is 91.5 Å². The topological polar surface area (TPSA) is 52.3 Å². The summed E-state index contributed by atoms with van der Waals surface area (Å²) in [6.45, 7) is 0.500. The number of methoxy groups -OCH3 is 1. The number of esters is 1. The van der Waals surface area contributed by atoms with Gasteiger partial charge < -0.3 is 10.5 Å². The van der Waals surface area contributed by atoms with E-state index in [1.165, 1.54) is 7.11 Å². The fourth-order valence-corrected chi connectivity index (χ4v) is 2.53. The Morgan fingerprint density at radius 3 is 3.00 bits per heavy atom. The van der Waals surface area contributed by atoms with E-state index < -0.39 is 0 Å². The van der Waals surface area contributed by atoms with Crippen LogP contribution >= 0.6 is 11.3 Å². The van der Waals surface area contributed by atoms with Gasteiger partial charge in [-0.3, -0.25) is 0 Å². The van der Waals surface area contributed by atoms with Crippen molar-refractivity contribution in [1.29, 1.82) is 0 Å². The Hall–Kier alpha value is -1.39. The van der Waals surface area contributed by atoms with Gasteiger partial charge in [0.25, 0.3) is 0 Å². The fraction of sp³-hybridized carbons (Fsp3) is 0.182. The third-order valence-corrected chi connectivity index (χ3v) is 3.41. The second-order valence-corrected chi connectivity index (χ2v) is 4.27. The van der Waals surface area contributed by atoms with Crippen molar-refractivity contribution < 1.29 is 9.53 Å². The van der Waals surface area contributed by atoms with Crippen LogP contribution in [-0.2, 0) is 11.3 Å². The largest absolute Gasteiger partial charge is 0.465 e. The summed E-state index contributed by atoms with van der Waals surface area (Å²) in [7, 11) is 1.39. The van der Waals surface area contributed by atoms with Crippen molar-refractivity contribution in [1.82, 2.24) is 0 Å². The molecule has 3 nitrogen and oxygen atoms in total. The number of ether oxygens (including phenoxy) is 1. The van der Waals surface area contributed by atoms with E-state index in [9.17, 15) is 4.79 Å². The summed E-state index contributed by atoms with van der Waals surface area (Å²) in [6.07, 6.45) is 0. The first-order valence-corrected chi connectivity index (χ1v) is 5.37. The number of thiophene rings is 1. The summed E-state index contributed by atoms with van der Waals surface area (Å²) in [4.78, 5) is 12.5. The van der Waals surface area contributed by atoms with E-state index in [2.05, 4.69) is 0 Å². The lowest BCUT2D eigenvalue weighted by Crippen LogP contribution is -2.00. The summed E-state index contributed by atoms with van der Waals surface area (Å²) in [5.74, 6) is -0.300. The molecule has 4 heteroatoms. The van der Waals surface area contributed by atoms with Crippen molar-refractivity contribution in [2.45, 2.75) is 6.54 Å². The standard InChI is InChI=1S/C11H11NO2S/c1-14-11(13)9-4-2-3-7-5-8(6-12)15-10(7)9/h2-5H,6,12H2,1H3. The molecule has 1 heterocycles. The van der Waals surface area contributed by atoms with Crippen LogP contribution in [-0.4, -0.2) is 13.1 Å². The predicted molar refractivity (Wildman–Crippen MR) is 61.1 cm³/mol. The molecule has 2 N–H and O–H groups in total. The molecule has 0 amide bonds. The van der Waals surface area contributed by atoms with Crippen molar-refractivity contribution >= 4 is 27.4 Å². The molecule has 0 fully saturated rings. The van der Waals surface area contributed by atoms with E-state index >= 15 is 0 Å². The molecule has 0 saturated carbocycles. The molecule has 0 bridgehead atoms. The molecule has 15 heavy (non-hydrogen) atoms. The van der Waals surface area contributed by atoms with Crippen molar-refractivity contribution in [3.63, 3.8) is 0 Å². The van der Waals surface area contributed by atoms with Gasteiger partial charge in [0.1, 0.15) is 0 Å². The van der Waals surface area contributed by atoms with Crippen LogP contribution < -0.4 is 5.73 Å². The molecule has 78 valence electrons. The zero-order valence-corrected chi connectivity index (χ0v) is 9.14. The van der Waals surface area contributed by atoms with E-state index in [1.807, 2.05) is 18.2 Å². The van der Waals surface area contributed by atoms with Crippen LogP contribution in [0.3, 0.4) is 0 Å². The highest BCUT2D eigenvalue weighted by atomic mass is 32.1. The normalized spacial score (nSPS) is 10.5. The molecule has 0 saturated heterocycles. The number of carbonyl (C=O) groups is 1. The number of fused-ring (bicyclic) bond motifs is 1. The van der Waals surface area contributed by atoms with Gasteiger partial charge in [-0.15, -0.1) is 11.3 Å². The Balaban J connectivity index is 2.64. The first kappa shape index (κ1) is 10.1. The van der Waals surface area contributed by atoms with E-state index in [0.717, 1.165) is 15.0 Å². The van der Waals surface area contributed by atoms with Crippen LogP contribution in [0.2, 0.25) is 0 Å². The third kappa shape index (κ3) is 1.73. The third-order valence-electron chi connectivity index (χ3n) is 2.20. The minimum Gasteiger partial charge on any atom is -0.465 e. The molecule has 0 radical (unpaired) electrons. The zero-order valence-electron chi connectivity index (χ0n) is 8.32. The molecule has 0 spiro atoms. The van der Waals surface area contributed by atoms with Gasteiger partial charge in [-0.2, -0.15) is 0 Å². The lowest BCUT2D eigenvalue weighted by Gasteiger charge is -1.99. The van der Waals surface area contributed by atoms with Crippen molar-refractivity contribution in [2.75, 3.05) is 7.11 Å². The van der Waals surface area contributed by atoms with Crippen molar-refractivity contribution in [2.24, 2.45) is 5.73 Å². The SMILES string of the molecule is COC(=O)c1cccc2cc(CN)sc12. The second kappa shape index (κ2) is 4.00. The minimum absolute atomic E-state index is 0.300. The number of nitrogens with two attached hydrogens (primary N) is 1. The quantitative estimate of drug-likeness (QED) is 0.790. The van der Waals surface area contributed by atoms with E-state index in [4.69, 9.17) is 10.5 Å².